The molecular formula is C9H16N2. The molecule has 0 amide bonds. The zero-order valence-corrected chi connectivity index (χ0v) is 7.59. The molecule has 0 aromatic carbocycles. The van der Waals surface area contributed by atoms with E-state index in [0.29, 0.717) is 6.04 Å². The Balaban J connectivity index is 2.65. The Hall–Kier alpha value is -0.660. The Labute approximate surface area is 68.4 Å². The number of hydrogen-bond acceptors (Lipinski definition) is 2. The Morgan fingerprint density at radius 1 is 1.55 bits per heavy atom. The fraction of sp³-hybridized carbons (Fsp3) is 0.778. The van der Waals surface area contributed by atoms with Crippen LogP contribution in [0.5, 0.6) is 0 Å². The minimum absolute atomic E-state index is 0.403. The van der Waals surface area contributed by atoms with Crippen molar-refractivity contribution in [2.24, 2.45) is 9.98 Å². The Bertz CT molecular complexity index is 192. The second-order valence-electron chi connectivity index (χ2n) is 3.10. The molecule has 1 aliphatic heterocycles. The third-order valence-corrected chi connectivity index (χ3v) is 1.87. The first-order chi connectivity index (χ1) is 5.24. The van der Waals surface area contributed by atoms with Crippen LogP contribution < -0.4 is 0 Å². The molecule has 0 radical (unpaired) electrons. The second kappa shape index (κ2) is 3.65. The molecule has 2 heteroatoms. The van der Waals surface area contributed by atoms with Crippen LogP contribution >= 0.6 is 0 Å². The van der Waals surface area contributed by atoms with Gasteiger partial charge in [-0.1, -0.05) is 13.3 Å². The minimum atomic E-state index is 0.403. The minimum Gasteiger partial charge on any atom is -0.286 e. The van der Waals surface area contributed by atoms with Crippen LogP contribution in [0.25, 0.3) is 0 Å². The average molecular weight is 152 g/mol. The van der Waals surface area contributed by atoms with Gasteiger partial charge in [0.05, 0.1) is 24.0 Å². The SMILES string of the molecule is CCCC1=N[C@H](C)CN=C1C. The van der Waals surface area contributed by atoms with E-state index in [1.165, 1.54) is 12.1 Å². The first kappa shape index (κ1) is 8.44. The molecule has 0 saturated heterocycles. The molecule has 62 valence electrons. The Morgan fingerprint density at radius 3 is 2.91 bits per heavy atom. The van der Waals surface area contributed by atoms with Crippen molar-refractivity contribution in [3.63, 3.8) is 0 Å². The van der Waals surface area contributed by atoms with Gasteiger partial charge in [0, 0.05) is 0 Å². The van der Waals surface area contributed by atoms with Gasteiger partial charge in [-0.2, -0.15) is 0 Å². The van der Waals surface area contributed by atoms with Crippen molar-refractivity contribution in [3.8, 4) is 0 Å². The van der Waals surface area contributed by atoms with Crippen molar-refractivity contribution in [2.45, 2.75) is 39.7 Å². The summed E-state index contributed by atoms with van der Waals surface area (Å²) in [7, 11) is 0. The molecular weight excluding hydrogens is 136 g/mol. The molecule has 0 aromatic rings. The van der Waals surface area contributed by atoms with E-state index >= 15 is 0 Å². The van der Waals surface area contributed by atoms with E-state index in [9.17, 15) is 0 Å². The Kier molecular flexibility index (Phi) is 2.80. The van der Waals surface area contributed by atoms with E-state index < -0.39 is 0 Å². The lowest BCUT2D eigenvalue weighted by atomic mass is 10.1. The molecule has 1 rings (SSSR count). The maximum absolute atomic E-state index is 4.54. The van der Waals surface area contributed by atoms with Gasteiger partial charge in [0.15, 0.2) is 0 Å². The summed E-state index contributed by atoms with van der Waals surface area (Å²) in [6, 6.07) is 0.403. The van der Waals surface area contributed by atoms with Crippen molar-refractivity contribution >= 4 is 11.4 Å². The van der Waals surface area contributed by atoms with Gasteiger partial charge < -0.3 is 0 Å². The van der Waals surface area contributed by atoms with Crippen LogP contribution in [0.15, 0.2) is 9.98 Å². The predicted molar refractivity (Wildman–Crippen MR) is 49.8 cm³/mol. The molecule has 0 aromatic heterocycles. The molecule has 0 saturated carbocycles. The van der Waals surface area contributed by atoms with Gasteiger partial charge in [-0.15, -0.1) is 0 Å². The van der Waals surface area contributed by atoms with E-state index in [2.05, 4.69) is 30.8 Å². The summed E-state index contributed by atoms with van der Waals surface area (Å²) in [6.07, 6.45) is 2.25. The summed E-state index contributed by atoms with van der Waals surface area (Å²) in [5.41, 5.74) is 2.36. The van der Waals surface area contributed by atoms with E-state index in [1.54, 1.807) is 0 Å². The summed E-state index contributed by atoms with van der Waals surface area (Å²) < 4.78 is 0. The lowest BCUT2D eigenvalue weighted by Gasteiger charge is -2.14. The van der Waals surface area contributed by atoms with E-state index in [4.69, 9.17) is 0 Å². The quantitative estimate of drug-likeness (QED) is 0.579. The molecule has 0 fully saturated rings. The first-order valence-corrected chi connectivity index (χ1v) is 4.32. The van der Waals surface area contributed by atoms with Crippen molar-refractivity contribution < 1.29 is 0 Å². The highest BCUT2D eigenvalue weighted by atomic mass is 14.9. The maximum Gasteiger partial charge on any atom is 0.0670 e. The Morgan fingerprint density at radius 2 is 2.27 bits per heavy atom. The van der Waals surface area contributed by atoms with E-state index in [1.807, 2.05) is 0 Å². The summed E-state index contributed by atoms with van der Waals surface area (Å²) in [4.78, 5) is 8.94. The van der Waals surface area contributed by atoms with Crippen molar-refractivity contribution in [1.82, 2.24) is 0 Å². The van der Waals surface area contributed by atoms with Crippen LogP contribution in [0.4, 0.5) is 0 Å². The maximum atomic E-state index is 4.54. The molecule has 0 bridgehead atoms. The summed E-state index contributed by atoms with van der Waals surface area (Å²) in [5, 5.41) is 0. The van der Waals surface area contributed by atoms with Crippen molar-refractivity contribution in [1.29, 1.82) is 0 Å². The number of nitrogens with zero attached hydrogens (tertiary/aromatic N) is 2. The van der Waals surface area contributed by atoms with Crippen LogP contribution in [0.2, 0.25) is 0 Å². The summed E-state index contributed by atoms with van der Waals surface area (Å²) >= 11 is 0. The van der Waals surface area contributed by atoms with Gasteiger partial charge in [0.25, 0.3) is 0 Å². The van der Waals surface area contributed by atoms with Gasteiger partial charge in [0.1, 0.15) is 0 Å². The molecule has 0 spiro atoms. The van der Waals surface area contributed by atoms with Crippen LogP contribution in [0.1, 0.15) is 33.6 Å². The van der Waals surface area contributed by atoms with E-state index in [-0.39, 0.29) is 0 Å². The topological polar surface area (TPSA) is 24.7 Å². The highest BCUT2D eigenvalue weighted by molar-refractivity contribution is 6.41. The van der Waals surface area contributed by atoms with Crippen LogP contribution in [0.3, 0.4) is 0 Å². The first-order valence-electron chi connectivity index (χ1n) is 4.32. The molecule has 0 N–H and O–H groups in total. The zero-order valence-electron chi connectivity index (χ0n) is 7.59. The van der Waals surface area contributed by atoms with Crippen LogP contribution in [-0.4, -0.2) is 24.0 Å². The standard InChI is InChI=1S/C9H16N2/c1-4-5-9-8(3)10-6-7(2)11-9/h7H,4-6H2,1-3H3/t7-/m1/s1. The van der Waals surface area contributed by atoms with E-state index in [0.717, 1.165) is 18.7 Å². The highest BCUT2D eigenvalue weighted by Crippen LogP contribution is 2.05. The molecule has 2 nitrogen and oxygen atoms in total. The molecule has 0 aliphatic carbocycles. The lowest BCUT2D eigenvalue weighted by molar-refractivity contribution is 0.741. The number of rotatable bonds is 2. The fourth-order valence-electron chi connectivity index (χ4n) is 1.24. The molecule has 1 atom stereocenters. The van der Waals surface area contributed by atoms with Gasteiger partial charge in [0.2, 0.25) is 0 Å². The second-order valence-corrected chi connectivity index (χ2v) is 3.10. The smallest absolute Gasteiger partial charge is 0.0670 e. The van der Waals surface area contributed by atoms with Crippen LogP contribution in [0, 0.1) is 0 Å². The van der Waals surface area contributed by atoms with Gasteiger partial charge in [-0.25, -0.2) is 0 Å². The molecule has 11 heavy (non-hydrogen) atoms. The molecule has 1 aliphatic rings. The zero-order chi connectivity index (χ0) is 8.27. The largest absolute Gasteiger partial charge is 0.286 e. The lowest BCUT2D eigenvalue weighted by Crippen LogP contribution is -2.21. The molecule has 1 heterocycles. The summed E-state index contributed by atoms with van der Waals surface area (Å²) in [5.74, 6) is 0. The molecule has 0 unspecified atom stereocenters. The van der Waals surface area contributed by atoms with Crippen molar-refractivity contribution in [3.05, 3.63) is 0 Å². The highest BCUT2D eigenvalue weighted by Gasteiger charge is 2.10. The monoisotopic (exact) mass is 152 g/mol. The van der Waals surface area contributed by atoms with Crippen LogP contribution in [-0.2, 0) is 0 Å². The van der Waals surface area contributed by atoms with Gasteiger partial charge in [-0.3, -0.25) is 9.98 Å². The predicted octanol–water partition coefficient (Wildman–Crippen LogP) is 2.09. The fourth-order valence-corrected chi connectivity index (χ4v) is 1.24. The van der Waals surface area contributed by atoms with Crippen molar-refractivity contribution in [2.75, 3.05) is 6.54 Å². The average Bonchev–Trinajstić information content (AvgIpc) is 1.98. The van der Waals surface area contributed by atoms with Gasteiger partial charge in [-0.05, 0) is 20.3 Å². The third kappa shape index (κ3) is 2.14. The number of aliphatic imine (C=N–C) groups is 2. The normalized spacial score (nSPS) is 24.5. The number of hydrogen-bond donors (Lipinski definition) is 0. The summed E-state index contributed by atoms with van der Waals surface area (Å²) in [6.45, 7) is 7.22. The third-order valence-electron chi connectivity index (χ3n) is 1.87. The van der Waals surface area contributed by atoms with Gasteiger partial charge >= 0.3 is 0 Å².